The number of hydrogen-bond donors (Lipinski definition) is 0. The Balaban J connectivity index is 3.00. The Morgan fingerprint density at radius 2 is 2.36 bits per heavy atom. The number of hydrogen-bond acceptors (Lipinski definition) is 2. The molecule has 0 aliphatic heterocycles. The Bertz CT molecular complexity index is 362. The maximum Gasteiger partial charge on any atom is 0.170 e. The van der Waals surface area contributed by atoms with E-state index >= 15 is 0 Å². The van der Waals surface area contributed by atoms with Crippen molar-refractivity contribution in [2.75, 3.05) is 6.61 Å². The molecule has 0 aliphatic carbocycles. The summed E-state index contributed by atoms with van der Waals surface area (Å²) in [5.41, 5.74) is 0.804. The van der Waals surface area contributed by atoms with Crippen LogP contribution in [0, 0.1) is 11.3 Å². The van der Waals surface area contributed by atoms with Gasteiger partial charge in [-0.1, -0.05) is 33.6 Å². The van der Waals surface area contributed by atoms with Gasteiger partial charge in [-0.2, -0.15) is 5.26 Å². The molecule has 1 atom stereocenters. The van der Waals surface area contributed by atoms with Crippen molar-refractivity contribution in [3.8, 4) is 6.07 Å². The Labute approximate surface area is 96.6 Å². The number of rotatable bonds is 3. The molecule has 1 aromatic rings. The molecule has 74 valence electrons. The molecule has 1 rings (SSSR count). The molecule has 0 spiro atoms. The van der Waals surface area contributed by atoms with Crippen molar-refractivity contribution < 1.29 is 4.74 Å². The molecular formula is C10H9BrClNO. The van der Waals surface area contributed by atoms with E-state index in [-0.39, 0.29) is 0 Å². The fourth-order valence-corrected chi connectivity index (χ4v) is 1.97. The summed E-state index contributed by atoms with van der Waals surface area (Å²) in [4.78, 5) is 0. The van der Waals surface area contributed by atoms with Crippen molar-refractivity contribution in [1.29, 1.82) is 5.26 Å². The smallest absolute Gasteiger partial charge is 0.170 e. The Morgan fingerprint density at radius 1 is 1.64 bits per heavy atom. The van der Waals surface area contributed by atoms with Gasteiger partial charge < -0.3 is 4.74 Å². The maximum atomic E-state index is 8.88. The lowest BCUT2D eigenvalue weighted by atomic mass is 10.1. The summed E-state index contributed by atoms with van der Waals surface area (Å²) in [5.74, 6) is 0. The molecule has 4 heteroatoms. The zero-order chi connectivity index (χ0) is 10.6. The largest absolute Gasteiger partial charge is 0.359 e. The van der Waals surface area contributed by atoms with E-state index in [1.165, 1.54) is 0 Å². The van der Waals surface area contributed by atoms with Crippen molar-refractivity contribution in [2.45, 2.75) is 13.0 Å². The second-order valence-corrected chi connectivity index (χ2v) is 3.92. The molecule has 0 aliphatic rings. The predicted molar refractivity (Wildman–Crippen MR) is 59.1 cm³/mol. The monoisotopic (exact) mass is 273 g/mol. The summed E-state index contributed by atoms with van der Waals surface area (Å²) in [6.45, 7) is 2.36. The molecule has 0 aromatic heterocycles. The number of ether oxygens (including phenoxy) is 1. The highest BCUT2D eigenvalue weighted by atomic mass is 79.9. The van der Waals surface area contributed by atoms with Crippen LogP contribution < -0.4 is 0 Å². The van der Waals surface area contributed by atoms with Crippen LogP contribution in [0.4, 0.5) is 0 Å². The second kappa shape index (κ2) is 5.35. The normalized spacial score (nSPS) is 12.1. The molecule has 0 fully saturated rings. The number of halogens is 2. The molecule has 2 nitrogen and oxygen atoms in total. The van der Waals surface area contributed by atoms with Gasteiger partial charge in [-0.05, 0) is 19.1 Å². The molecule has 0 amide bonds. The van der Waals surface area contributed by atoms with Crippen LogP contribution in [-0.2, 0) is 4.74 Å². The molecule has 0 heterocycles. The van der Waals surface area contributed by atoms with Gasteiger partial charge in [0.25, 0.3) is 0 Å². The molecule has 0 N–H and O–H groups in total. The highest BCUT2D eigenvalue weighted by Gasteiger charge is 2.13. The van der Waals surface area contributed by atoms with E-state index in [1.807, 2.05) is 6.92 Å². The summed E-state index contributed by atoms with van der Waals surface area (Å²) in [6, 6.07) is 7.36. The average Bonchev–Trinajstić information content (AvgIpc) is 2.15. The standard InChI is InChI=1S/C10H9BrClNO/c1-2-14-10(6-13)8-4-3-7(12)5-9(8)11/h3-5,10H,2H2,1H3. The quantitative estimate of drug-likeness (QED) is 0.842. The number of nitrogens with zero attached hydrogens (tertiary/aromatic N) is 1. The van der Waals surface area contributed by atoms with Crippen LogP contribution >= 0.6 is 27.5 Å². The third kappa shape index (κ3) is 2.71. The first-order valence-corrected chi connectivity index (χ1v) is 5.32. The van der Waals surface area contributed by atoms with Crippen LogP contribution in [0.25, 0.3) is 0 Å². The van der Waals surface area contributed by atoms with E-state index in [4.69, 9.17) is 21.6 Å². The summed E-state index contributed by atoms with van der Waals surface area (Å²) in [5, 5.41) is 9.51. The van der Waals surface area contributed by atoms with E-state index in [9.17, 15) is 0 Å². The van der Waals surface area contributed by atoms with Crippen LogP contribution in [-0.4, -0.2) is 6.61 Å². The van der Waals surface area contributed by atoms with Gasteiger partial charge in [0, 0.05) is 21.7 Å². The fraction of sp³-hybridized carbons (Fsp3) is 0.300. The van der Waals surface area contributed by atoms with Gasteiger partial charge >= 0.3 is 0 Å². The zero-order valence-corrected chi connectivity index (χ0v) is 9.97. The summed E-state index contributed by atoms with van der Waals surface area (Å²) in [6.07, 6.45) is -0.536. The molecule has 0 saturated heterocycles. The highest BCUT2D eigenvalue weighted by Crippen LogP contribution is 2.28. The third-order valence-electron chi connectivity index (χ3n) is 1.70. The van der Waals surface area contributed by atoms with Crippen molar-refractivity contribution in [1.82, 2.24) is 0 Å². The first-order chi connectivity index (χ1) is 6.69. The third-order valence-corrected chi connectivity index (χ3v) is 2.62. The SMILES string of the molecule is CCOC(C#N)c1ccc(Cl)cc1Br. The minimum Gasteiger partial charge on any atom is -0.359 e. The van der Waals surface area contributed by atoms with E-state index in [2.05, 4.69) is 22.0 Å². The van der Waals surface area contributed by atoms with E-state index < -0.39 is 6.10 Å². The number of nitriles is 1. The van der Waals surface area contributed by atoms with E-state index in [0.717, 1.165) is 10.0 Å². The van der Waals surface area contributed by atoms with Crippen molar-refractivity contribution >= 4 is 27.5 Å². The van der Waals surface area contributed by atoms with Gasteiger partial charge in [0.2, 0.25) is 0 Å². The molecule has 0 bridgehead atoms. The summed E-state index contributed by atoms with van der Waals surface area (Å²) < 4.78 is 6.06. The van der Waals surface area contributed by atoms with E-state index in [0.29, 0.717) is 11.6 Å². The molecule has 1 aromatic carbocycles. The van der Waals surface area contributed by atoms with Crippen molar-refractivity contribution in [3.63, 3.8) is 0 Å². The lowest BCUT2D eigenvalue weighted by Gasteiger charge is -2.11. The molecular weight excluding hydrogens is 265 g/mol. The van der Waals surface area contributed by atoms with Gasteiger partial charge in [-0.15, -0.1) is 0 Å². The predicted octanol–water partition coefficient (Wildman–Crippen LogP) is 3.70. The van der Waals surface area contributed by atoms with Gasteiger partial charge in [0.1, 0.15) is 0 Å². The molecule has 1 unspecified atom stereocenters. The second-order valence-electron chi connectivity index (χ2n) is 2.63. The van der Waals surface area contributed by atoms with Crippen LogP contribution in [0.2, 0.25) is 5.02 Å². The van der Waals surface area contributed by atoms with Gasteiger partial charge in [-0.3, -0.25) is 0 Å². The molecule has 14 heavy (non-hydrogen) atoms. The molecule has 0 radical (unpaired) electrons. The minimum absolute atomic E-state index is 0.507. The topological polar surface area (TPSA) is 33.0 Å². The van der Waals surface area contributed by atoms with Crippen molar-refractivity contribution in [3.05, 3.63) is 33.3 Å². The Morgan fingerprint density at radius 3 is 2.86 bits per heavy atom. The lowest BCUT2D eigenvalue weighted by molar-refractivity contribution is 0.101. The molecule has 0 saturated carbocycles. The van der Waals surface area contributed by atoms with Crippen LogP contribution in [0.15, 0.2) is 22.7 Å². The van der Waals surface area contributed by atoms with E-state index in [1.54, 1.807) is 18.2 Å². The first kappa shape index (κ1) is 11.5. The Hall–Kier alpha value is -0.560. The van der Waals surface area contributed by atoms with Crippen molar-refractivity contribution in [2.24, 2.45) is 0 Å². The zero-order valence-electron chi connectivity index (χ0n) is 7.63. The average molecular weight is 275 g/mol. The lowest BCUT2D eigenvalue weighted by Crippen LogP contribution is -2.02. The van der Waals surface area contributed by atoms with Gasteiger partial charge in [0.15, 0.2) is 6.10 Å². The highest BCUT2D eigenvalue weighted by molar-refractivity contribution is 9.10. The van der Waals surface area contributed by atoms with Gasteiger partial charge in [0.05, 0.1) is 6.07 Å². The minimum atomic E-state index is -0.536. The van der Waals surface area contributed by atoms with Crippen LogP contribution in [0.1, 0.15) is 18.6 Å². The maximum absolute atomic E-state index is 8.88. The van der Waals surface area contributed by atoms with Crippen LogP contribution in [0.3, 0.4) is 0 Å². The summed E-state index contributed by atoms with van der Waals surface area (Å²) >= 11 is 9.13. The first-order valence-electron chi connectivity index (χ1n) is 4.15. The fourth-order valence-electron chi connectivity index (χ4n) is 1.08. The summed E-state index contributed by atoms with van der Waals surface area (Å²) in [7, 11) is 0. The van der Waals surface area contributed by atoms with Gasteiger partial charge in [-0.25, -0.2) is 0 Å². The Kier molecular flexibility index (Phi) is 4.40. The number of benzene rings is 1. The van der Waals surface area contributed by atoms with Crippen LogP contribution in [0.5, 0.6) is 0 Å².